The molecule has 0 aliphatic carbocycles. The van der Waals surface area contributed by atoms with Crippen LogP contribution in [0.3, 0.4) is 0 Å². The summed E-state index contributed by atoms with van der Waals surface area (Å²) in [5.41, 5.74) is 2.59. The third kappa shape index (κ3) is 2.47. The Morgan fingerprint density at radius 1 is 1.12 bits per heavy atom. The van der Waals surface area contributed by atoms with Crippen molar-refractivity contribution >= 4 is 17.4 Å². The first-order chi connectivity index (χ1) is 11.7. The smallest absolute Gasteiger partial charge is 0.228 e. The first-order valence-electron chi connectivity index (χ1n) is 7.66. The van der Waals surface area contributed by atoms with Crippen LogP contribution in [0.1, 0.15) is 12.7 Å². The fourth-order valence-electron chi connectivity index (χ4n) is 2.53. The second kappa shape index (κ2) is 5.73. The van der Waals surface area contributed by atoms with E-state index in [-0.39, 0.29) is 0 Å². The summed E-state index contributed by atoms with van der Waals surface area (Å²) < 4.78 is 3.71. The zero-order chi connectivity index (χ0) is 16.5. The van der Waals surface area contributed by atoms with Crippen molar-refractivity contribution < 1.29 is 0 Å². The van der Waals surface area contributed by atoms with Gasteiger partial charge in [-0.1, -0.05) is 6.92 Å². The Hall–Kier alpha value is -3.29. The third-order valence-corrected chi connectivity index (χ3v) is 3.81. The maximum absolute atomic E-state index is 4.57. The van der Waals surface area contributed by atoms with E-state index in [9.17, 15) is 0 Å². The van der Waals surface area contributed by atoms with Gasteiger partial charge in [-0.05, 0) is 18.2 Å². The van der Waals surface area contributed by atoms with Gasteiger partial charge in [0.15, 0.2) is 5.65 Å². The molecule has 0 aliphatic rings. The lowest BCUT2D eigenvalue weighted by atomic mass is 10.2. The highest BCUT2D eigenvalue weighted by molar-refractivity contribution is 5.65. The maximum atomic E-state index is 4.57. The van der Waals surface area contributed by atoms with E-state index < -0.39 is 0 Å². The SMILES string of the molecule is CCc1nnc2cc(-c3ccnc(Nc4ccnn4C)n3)ccn12. The van der Waals surface area contributed by atoms with Crippen LogP contribution in [0.25, 0.3) is 16.9 Å². The quantitative estimate of drug-likeness (QED) is 0.620. The van der Waals surface area contributed by atoms with Gasteiger partial charge in [-0.25, -0.2) is 9.97 Å². The molecule has 4 aromatic rings. The topological polar surface area (TPSA) is 85.8 Å². The molecule has 4 aromatic heterocycles. The molecular weight excluding hydrogens is 304 g/mol. The molecule has 0 radical (unpaired) electrons. The molecule has 0 aliphatic heterocycles. The molecule has 0 fully saturated rings. The third-order valence-electron chi connectivity index (χ3n) is 3.81. The lowest BCUT2D eigenvalue weighted by molar-refractivity contribution is 0.775. The summed E-state index contributed by atoms with van der Waals surface area (Å²) in [6.45, 7) is 2.06. The molecule has 0 saturated heterocycles. The van der Waals surface area contributed by atoms with Crippen LogP contribution in [0.4, 0.5) is 11.8 Å². The summed E-state index contributed by atoms with van der Waals surface area (Å²) in [6, 6.07) is 7.72. The van der Waals surface area contributed by atoms with E-state index in [0.717, 1.165) is 35.0 Å². The van der Waals surface area contributed by atoms with Crippen molar-refractivity contribution in [2.45, 2.75) is 13.3 Å². The van der Waals surface area contributed by atoms with E-state index in [2.05, 4.69) is 37.5 Å². The van der Waals surface area contributed by atoms with E-state index in [1.54, 1.807) is 17.1 Å². The van der Waals surface area contributed by atoms with Crippen LogP contribution in [0.5, 0.6) is 0 Å². The lowest BCUT2D eigenvalue weighted by Gasteiger charge is -2.07. The second-order valence-electron chi connectivity index (χ2n) is 5.34. The molecule has 120 valence electrons. The number of hydrogen-bond donors (Lipinski definition) is 1. The Labute approximate surface area is 138 Å². The van der Waals surface area contributed by atoms with Crippen molar-refractivity contribution in [2.24, 2.45) is 7.05 Å². The Morgan fingerprint density at radius 3 is 2.83 bits per heavy atom. The van der Waals surface area contributed by atoms with Crippen LogP contribution in [-0.2, 0) is 13.5 Å². The Balaban J connectivity index is 1.69. The van der Waals surface area contributed by atoms with Crippen LogP contribution in [0, 0.1) is 0 Å². The van der Waals surface area contributed by atoms with Gasteiger partial charge in [0.05, 0.1) is 11.9 Å². The molecule has 0 saturated carbocycles. The maximum Gasteiger partial charge on any atom is 0.228 e. The van der Waals surface area contributed by atoms with Gasteiger partial charge in [-0.15, -0.1) is 10.2 Å². The van der Waals surface area contributed by atoms with E-state index in [1.807, 2.05) is 41.9 Å². The van der Waals surface area contributed by atoms with Crippen LogP contribution in [0.2, 0.25) is 0 Å². The van der Waals surface area contributed by atoms with E-state index >= 15 is 0 Å². The van der Waals surface area contributed by atoms with Crippen molar-refractivity contribution in [1.82, 2.24) is 34.3 Å². The summed E-state index contributed by atoms with van der Waals surface area (Å²) >= 11 is 0. The molecule has 8 heteroatoms. The van der Waals surface area contributed by atoms with E-state index in [4.69, 9.17) is 0 Å². The average molecular weight is 320 g/mol. The van der Waals surface area contributed by atoms with Crippen molar-refractivity contribution in [3.8, 4) is 11.3 Å². The summed E-state index contributed by atoms with van der Waals surface area (Å²) in [5.74, 6) is 2.29. The summed E-state index contributed by atoms with van der Waals surface area (Å²) in [7, 11) is 1.86. The highest BCUT2D eigenvalue weighted by Crippen LogP contribution is 2.20. The van der Waals surface area contributed by atoms with Crippen LogP contribution < -0.4 is 5.32 Å². The number of hydrogen-bond acceptors (Lipinski definition) is 6. The largest absolute Gasteiger partial charge is 0.309 e. The van der Waals surface area contributed by atoms with Crippen molar-refractivity contribution in [1.29, 1.82) is 0 Å². The summed E-state index contributed by atoms with van der Waals surface area (Å²) in [6.07, 6.45) is 6.26. The minimum atomic E-state index is 0.520. The van der Waals surface area contributed by atoms with Gasteiger partial charge in [0.25, 0.3) is 0 Å². The molecule has 4 heterocycles. The zero-order valence-electron chi connectivity index (χ0n) is 13.4. The number of nitrogens with zero attached hydrogens (tertiary/aromatic N) is 7. The molecule has 0 amide bonds. The van der Waals surface area contributed by atoms with Crippen LogP contribution >= 0.6 is 0 Å². The number of aryl methyl sites for hydroxylation is 2. The van der Waals surface area contributed by atoms with Gasteiger partial charge in [-0.3, -0.25) is 9.08 Å². The second-order valence-corrected chi connectivity index (χ2v) is 5.34. The van der Waals surface area contributed by atoms with Gasteiger partial charge in [0.2, 0.25) is 5.95 Å². The van der Waals surface area contributed by atoms with Gasteiger partial charge in [0.1, 0.15) is 11.6 Å². The Morgan fingerprint density at radius 2 is 2.04 bits per heavy atom. The lowest BCUT2D eigenvalue weighted by Crippen LogP contribution is -2.03. The van der Waals surface area contributed by atoms with Gasteiger partial charge in [-0.2, -0.15) is 5.10 Å². The highest BCUT2D eigenvalue weighted by Gasteiger charge is 2.08. The van der Waals surface area contributed by atoms with Crippen LogP contribution in [-0.4, -0.2) is 34.3 Å². The van der Waals surface area contributed by atoms with Crippen molar-refractivity contribution in [3.05, 3.63) is 48.7 Å². The molecule has 0 aromatic carbocycles. The summed E-state index contributed by atoms with van der Waals surface area (Å²) in [5, 5.41) is 15.7. The van der Waals surface area contributed by atoms with E-state index in [0.29, 0.717) is 5.95 Å². The summed E-state index contributed by atoms with van der Waals surface area (Å²) in [4.78, 5) is 8.84. The van der Waals surface area contributed by atoms with E-state index in [1.165, 1.54) is 0 Å². The predicted octanol–water partition coefficient (Wildman–Crippen LogP) is 2.23. The standard InChI is InChI=1S/C16H16N8/c1-3-13-21-22-15-10-11(6-9-24(13)15)12-4-7-17-16(19-12)20-14-5-8-18-23(14)2/h4-10H,3H2,1-2H3,(H,17,19,20). The average Bonchev–Trinajstić information content (AvgIpc) is 3.20. The number of aromatic nitrogens is 7. The molecular formula is C16H16N8. The van der Waals surface area contributed by atoms with Gasteiger partial charge < -0.3 is 5.32 Å². The normalized spacial score (nSPS) is 11.1. The number of nitrogens with one attached hydrogen (secondary N) is 1. The fraction of sp³-hybridized carbons (Fsp3) is 0.188. The molecule has 0 atom stereocenters. The fourth-order valence-corrected chi connectivity index (χ4v) is 2.53. The first-order valence-corrected chi connectivity index (χ1v) is 7.66. The minimum absolute atomic E-state index is 0.520. The molecule has 0 spiro atoms. The van der Waals surface area contributed by atoms with Crippen molar-refractivity contribution in [3.63, 3.8) is 0 Å². The van der Waals surface area contributed by atoms with Crippen molar-refractivity contribution in [2.75, 3.05) is 5.32 Å². The number of anilines is 2. The Bertz CT molecular complexity index is 1000. The predicted molar refractivity (Wildman–Crippen MR) is 89.9 cm³/mol. The number of rotatable bonds is 4. The zero-order valence-corrected chi connectivity index (χ0v) is 13.4. The van der Waals surface area contributed by atoms with Gasteiger partial charge in [0, 0.05) is 37.5 Å². The molecule has 8 nitrogen and oxygen atoms in total. The first kappa shape index (κ1) is 14.3. The molecule has 4 rings (SSSR count). The molecule has 0 unspecified atom stereocenters. The molecule has 24 heavy (non-hydrogen) atoms. The molecule has 0 bridgehead atoms. The Kier molecular flexibility index (Phi) is 3.42. The highest BCUT2D eigenvalue weighted by atomic mass is 15.3. The number of pyridine rings is 1. The molecule has 1 N–H and O–H groups in total. The minimum Gasteiger partial charge on any atom is -0.309 e. The van der Waals surface area contributed by atoms with Gasteiger partial charge >= 0.3 is 0 Å². The number of fused-ring (bicyclic) bond motifs is 1. The van der Waals surface area contributed by atoms with Crippen LogP contribution in [0.15, 0.2) is 42.9 Å². The monoisotopic (exact) mass is 320 g/mol.